The number of fused-ring (bicyclic) bond motifs is 1. The zero-order valence-electron chi connectivity index (χ0n) is 15.4. The number of carboxylic acids is 1. The first kappa shape index (κ1) is 19.4. The van der Waals surface area contributed by atoms with Gasteiger partial charge in [-0.15, -0.1) is 0 Å². The van der Waals surface area contributed by atoms with Gasteiger partial charge in [0.05, 0.1) is 5.69 Å². The lowest BCUT2D eigenvalue weighted by atomic mass is 10.1. The number of aliphatic carboxylic acids is 1. The molecule has 144 valence electrons. The molecule has 1 N–H and O–H groups in total. The van der Waals surface area contributed by atoms with E-state index in [4.69, 9.17) is 16.7 Å². The molecule has 7 heteroatoms. The molecule has 0 saturated carbocycles. The van der Waals surface area contributed by atoms with Crippen LogP contribution >= 0.6 is 11.6 Å². The summed E-state index contributed by atoms with van der Waals surface area (Å²) in [6.07, 6.45) is 5.47. The number of carbonyl (C=O) groups is 2. The van der Waals surface area contributed by atoms with Gasteiger partial charge in [-0.2, -0.15) is 5.10 Å². The fraction of sp³-hybridized carbons (Fsp3) is 0.450. The smallest absolute Gasteiger partial charge is 0.303 e. The molecule has 0 saturated heterocycles. The molecular weight excluding hydrogens is 366 g/mol. The quantitative estimate of drug-likeness (QED) is 0.764. The van der Waals surface area contributed by atoms with Crippen molar-refractivity contribution in [2.45, 2.75) is 44.9 Å². The number of carbonyl (C=O) groups excluding carboxylic acids is 1. The van der Waals surface area contributed by atoms with Crippen molar-refractivity contribution in [1.29, 1.82) is 0 Å². The number of halogens is 1. The van der Waals surface area contributed by atoms with E-state index < -0.39 is 5.97 Å². The Labute approximate surface area is 163 Å². The maximum absolute atomic E-state index is 13.0. The van der Waals surface area contributed by atoms with E-state index >= 15 is 0 Å². The molecule has 1 aromatic heterocycles. The predicted molar refractivity (Wildman–Crippen MR) is 104 cm³/mol. The van der Waals surface area contributed by atoms with Crippen LogP contribution in [0.1, 0.15) is 53.8 Å². The van der Waals surface area contributed by atoms with Crippen LogP contribution in [0.3, 0.4) is 0 Å². The lowest BCUT2D eigenvalue weighted by molar-refractivity contribution is -0.137. The van der Waals surface area contributed by atoms with E-state index in [1.165, 1.54) is 0 Å². The van der Waals surface area contributed by atoms with Crippen molar-refractivity contribution in [3.8, 4) is 5.69 Å². The fourth-order valence-corrected chi connectivity index (χ4v) is 3.62. The molecule has 27 heavy (non-hydrogen) atoms. The summed E-state index contributed by atoms with van der Waals surface area (Å²) in [6.45, 7) is 0.397. The normalized spacial score (nSPS) is 13.7. The van der Waals surface area contributed by atoms with Crippen molar-refractivity contribution in [3.05, 3.63) is 46.2 Å². The number of carboxylic acid groups (broad SMARTS) is 1. The Kier molecular flexibility index (Phi) is 6.16. The van der Waals surface area contributed by atoms with E-state index in [9.17, 15) is 9.59 Å². The molecule has 0 spiro atoms. The highest BCUT2D eigenvalue weighted by Gasteiger charge is 2.26. The highest BCUT2D eigenvalue weighted by Crippen LogP contribution is 2.27. The Balaban J connectivity index is 1.91. The van der Waals surface area contributed by atoms with Crippen molar-refractivity contribution in [2.75, 3.05) is 13.6 Å². The van der Waals surface area contributed by atoms with Crippen molar-refractivity contribution in [2.24, 2.45) is 0 Å². The number of benzene rings is 1. The van der Waals surface area contributed by atoms with Gasteiger partial charge < -0.3 is 10.0 Å². The molecule has 1 aliphatic rings. The molecule has 0 atom stereocenters. The lowest BCUT2D eigenvalue weighted by Crippen LogP contribution is -2.29. The van der Waals surface area contributed by atoms with Gasteiger partial charge >= 0.3 is 5.97 Å². The van der Waals surface area contributed by atoms with E-state index in [0.717, 1.165) is 49.0 Å². The minimum Gasteiger partial charge on any atom is -0.481 e. The van der Waals surface area contributed by atoms with Gasteiger partial charge in [0.15, 0.2) is 5.69 Å². The number of hydrogen-bond donors (Lipinski definition) is 1. The van der Waals surface area contributed by atoms with Crippen LogP contribution in [0.4, 0.5) is 0 Å². The van der Waals surface area contributed by atoms with Gasteiger partial charge in [0.2, 0.25) is 0 Å². The molecule has 2 aromatic rings. The SMILES string of the molecule is CN(CCCC(=O)O)C(=O)c1nn(-c2ccc(Cl)cc2)c2c1CCCCC2. The largest absolute Gasteiger partial charge is 0.481 e. The van der Waals surface area contributed by atoms with Gasteiger partial charge in [0, 0.05) is 36.3 Å². The number of amides is 1. The maximum Gasteiger partial charge on any atom is 0.303 e. The van der Waals surface area contributed by atoms with Gasteiger partial charge in [-0.1, -0.05) is 18.0 Å². The molecule has 3 rings (SSSR count). The van der Waals surface area contributed by atoms with Gasteiger partial charge in [-0.3, -0.25) is 9.59 Å². The first-order chi connectivity index (χ1) is 13.0. The number of aromatic nitrogens is 2. The Morgan fingerprint density at radius 2 is 1.89 bits per heavy atom. The lowest BCUT2D eigenvalue weighted by Gasteiger charge is -2.16. The van der Waals surface area contributed by atoms with Crippen LogP contribution in [0.5, 0.6) is 0 Å². The maximum atomic E-state index is 13.0. The average molecular weight is 390 g/mol. The molecule has 0 fully saturated rings. The van der Waals surface area contributed by atoms with E-state index in [2.05, 4.69) is 5.10 Å². The van der Waals surface area contributed by atoms with Crippen molar-refractivity contribution in [3.63, 3.8) is 0 Å². The topological polar surface area (TPSA) is 75.4 Å². The van der Waals surface area contributed by atoms with Crippen LogP contribution in [-0.2, 0) is 17.6 Å². The summed E-state index contributed by atoms with van der Waals surface area (Å²) in [6, 6.07) is 7.46. The van der Waals surface area contributed by atoms with Crippen LogP contribution in [0, 0.1) is 0 Å². The van der Waals surface area contributed by atoms with Crippen molar-refractivity contribution < 1.29 is 14.7 Å². The summed E-state index contributed by atoms with van der Waals surface area (Å²) < 4.78 is 1.87. The summed E-state index contributed by atoms with van der Waals surface area (Å²) in [5.74, 6) is -0.997. The highest BCUT2D eigenvalue weighted by atomic mass is 35.5. The standard InChI is InChI=1S/C20H24ClN3O3/c1-23(13-5-8-18(25)26)20(27)19-16-6-3-2-4-7-17(16)24(22-19)15-11-9-14(21)10-12-15/h9-12H,2-8,13H2,1H3,(H,25,26). The summed E-state index contributed by atoms with van der Waals surface area (Å²) in [5, 5.41) is 14.1. The van der Waals surface area contributed by atoms with E-state index in [1.807, 2.05) is 28.9 Å². The second-order valence-corrected chi connectivity index (χ2v) is 7.38. The van der Waals surface area contributed by atoms with E-state index in [-0.39, 0.29) is 12.3 Å². The number of hydrogen-bond acceptors (Lipinski definition) is 3. The van der Waals surface area contributed by atoms with Crippen LogP contribution in [0.25, 0.3) is 5.69 Å². The zero-order chi connectivity index (χ0) is 19.4. The third-order valence-electron chi connectivity index (χ3n) is 4.93. The van der Waals surface area contributed by atoms with Crippen LogP contribution in [-0.4, -0.2) is 45.3 Å². The number of nitrogens with zero attached hydrogens (tertiary/aromatic N) is 3. The Morgan fingerprint density at radius 1 is 1.19 bits per heavy atom. The minimum atomic E-state index is -0.850. The molecule has 1 aromatic carbocycles. The van der Waals surface area contributed by atoms with Crippen molar-refractivity contribution in [1.82, 2.24) is 14.7 Å². The molecule has 0 radical (unpaired) electrons. The van der Waals surface area contributed by atoms with Crippen LogP contribution in [0.2, 0.25) is 5.02 Å². The summed E-state index contributed by atoms with van der Waals surface area (Å²) >= 11 is 6.00. The zero-order valence-corrected chi connectivity index (χ0v) is 16.2. The Hall–Kier alpha value is -2.34. The number of rotatable bonds is 6. The van der Waals surface area contributed by atoms with Gasteiger partial charge in [0.1, 0.15) is 0 Å². The van der Waals surface area contributed by atoms with Gasteiger partial charge in [-0.05, 0) is 56.4 Å². The fourth-order valence-electron chi connectivity index (χ4n) is 3.49. The first-order valence-electron chi connectivity index (χ1n) is 9.31. The second kappa shape index (κ2) is 8.57. The van der Waals surface area contributed by atoms with Crippen LogP contribution in [0.15, 0.2) is 24.3 Å². The molecule has 0 unspecified atom stereocenters. The highest BCUT2D eigenvalue weighted by molar-refractivity contribution is 6.30. The molecule has 6 nitrogen and oxygen atoms in total. The molecular formula is C20H24ClN3O3. The second-order valence-electron chi connectivity index (χ2n) is 6.95. The predicted octanol–water partition coefficient (Wildman–Crippen LogP) is 3.73. The molecule has 1 aliphatic carbocycles. The molecule has 1 heterocycles. The van der Waals surface area contributed by atoms with Gasteiger partial charge in [-0.25, -0.2) is 4.68 Å². The minimum absolute atomic E-state index is 0.0505. The average Bonchev–Trinajstić information content (AvgIpc) is 2.83. The third kappa shape index (κ3) is 4.50. The Bertz CT molecular complexity index is 830. The Morgan fingerprint density at radius 3 is 2.59 bits per heavy atom. The first-order valence-corrected chi connectivity index (χ1v) is 9.69. The summed E-state index contributed by atoms with van der Waals surface area (Å²) in [7, 11) is 1.70. The summed E-state index contributed by atoms with van der Waals surface area (Å²) in [5.41, 5.74) is 3.50. The van der Waals surface area contributed by atoms with Crippen molar-refractivity contribution >= 4 is 23.5 Å². The third-order valence-corrected chi connectivity index (χ3v) is 5.19. The molecule has 0 aliphatic heterocycles. The van der Waals surface area contributed by atoms with E-state index in [1.54, 1.807) is 11.9 Å². The molecule has 1 amide bonds. The molecule has 0 bridgehead atoms. The van der Waals surface area contributed by atoms with E-state index in [0.29, 0.717) is 23.7 Å². The van der Waals surface area contributed by atoms with Gasteiger partial charge in [0.25, 0.3) is 5.91 Å². The monoisotopic (exact) mass is 389 g/mol. The van der Waals surface area contributed by atoms with Crippen LogP contribution < -0.4 is 0 Å². The summed E-state index contributed by atoms with van der Waals surface area (Å²) in [4.78, 5) is 25.3.